The van der Waals surface area contributed by atoms with Gasteiger partial charge >= 0.3 is 0 Å². The van der Waals surface area contributed by atoms with E-state index >= 15 is 0 Å². The normalized spacial score (nSPS) is 18.3. The zero-order valence-corrected chi connectivity index (χ0v) is 12.6. The highest BCUT2D eigenvalue weighted by molar-refractivity contribution is 7.09. The summed E-state index contributed by atoms with van der Waals surface area (Å²) in [6.07, 6.45) is 7.16. The van der Waals surface area contributed by atoms with Crippen LogP contribution in [0.5, 0.6) is 0 Å². The third-order valence-electron chi connectivity index (χ3n) is 3.38. The summed E-state index contributed by atoms with van der Waals surface area (Å²) < 4.78 is 5.81. The maximum atomic E-state index is 5.81. The summed E-state index contributed by atoms with van der Waals surface area (Å²) >= 11 is 1.67. The van der Waals surface area contributed by atoms with Crippen LogP contribution in [-0.4, -0.2) is 24.7 Å². The molecular formula is C13H23ClN2OS. The number of nitrogens with one attached hydrogen (secondary N) is 1. The second-order valence-electron chi connectivity index (χ2n) is 4.72. The van der Waals surface area contributed by atoms with Crippen LogP contribution < -0.4 is 5.32 Å². The summed E-state index contributed by atoms with van der Waals surface area (Å²) in [6.45, 7) is 5.34. The van der Waals surface area contributed by atoms with Crippen LogP contribution in [0.1, 0.15) is 43.7 Å². The van der Waals surface area contributed by atoms with Crippen LogP contribution in [0.25, 0.3) is 0 Å². The maximum absolute atomic E-state index is 5.81. The highest BCUT2D eigenvalue weighted by atomic mass is 35.5. The Hall–Kier alpha value is -0.160. The van der Waals surface area contributed by atoms with Gasteiger partial charge in [-0.3, -0.25) is 0 Å². The van der Waals surface area contributed by atoms with Gasteiger partial charge in [0.05, 0.1) is 0 Å². The van der Waals surface area contributed by atoms with Crippen LogP contribution in [0.4, 0.5) is 0 Å². The van der Waals surface area contributed by atoms with Gasteiger partial charge in [0.1, 0.15) is 11.1 Å². The Balaban J connectivity index is 0.00000162. The van der Waals surface area contributed by atoms with Crippen LogP contribution in [0.2, 0.25) is 0 Å². The van der Waals surface area contributed by atoms with E-state index in [1.807, 2.05) is 11.6 Å². The molecule has 1 aromatic heterocycles. The predicted molar refractivity (Wildman–Crippen MR) is 78.6 cm³/mol. The second kappa shape index (κ2) is 8.86. The number of piperidine rings is 1. The Morgan fingerprint density at radius 1 is 1.50 bits per heavy atom. The molecule has 0 saturated carbocycles. The molecule has 0 spiro atoms. The van der Waals surface area contributed by atoms with Crippen LogP contribution in [-0.2, 0) is 4.74 Å². The molecule has 5 heteroatoms. The first-order chi connectivity index (χ1) is 8.36. The molecule has 104 valence electrons. The van der Waals surface area contributed by atoms with E-state index in [4.69, 9.17) is 4.74 Å². The zero-order valence-electron chi connectivity index (χ0n) is 10.9. The van der Waals surface area contributed by atoms with Gasteiger partial charge in [-0.25, -0.2) is 4.98 Å². The third kappa shape index (κ3) is 5.22. The molecule has 0 bridgehead atoms. The van der Waals surface area contributed by atoms with Crippen LogP contribution >= 0.6 is 23.7 Å². The summed E-state index contributed by atoms with van der Waals surface area (Å²) in [5.41, 5.74) is 0. The van der Waals surface area contributed by atoms with Crippen LogP contribution in [0.15, 0.2) is 11.6 Å². The van der Waals surface area contributed by atoms with E-state index in [-0.39, 0.29) is 18.5 Å². The highest BCUT2D eigenvalue weighted by Gasteiger charge is 2.13. The van der Waals surface area contributed by atoms with Gasteiger partial charge in [0.2, 0.25) is 0 Å². The van der Waals surface area contributed by atoms with Crippen molar-refractivity contribution in [2.75, 3.05) is 19.7 Å². The summed E-state index contributed by atoms with van der Waals surface area (Å²) in [6, 6.07) is 0. The molecule has 1 aliphatic rings. The van der Waals surface area contributed by atoms with Crippen molar-refractivity contribution in [2.45, 2.75) is 38.7 Å². The van der Waals surface area contributed by atoms with Crippen molar-refractivity contribution in [3.8, 4) is 0 Å². The number of nitrogens with zero attached hydrogens (tertiary/aromatic N) is 1. The van der Waals surface area contributed by atoms with Crippen molar-refractivity contribution in [3.63, 3.8) is 0 Å². The van der Waals surface area contributed by atoms with Gasteiger partial charge in [0.25, 0.3) is 0 Å². The first-order valence-electron chi connectivity index (χ1n) is 6.58. The van der Waals surface area contributed by atoms with E-state index in [2.05, 4.69) is 17.2 Å². The number of thiazole rings is 1. The molecule has 2 rings (SSSR count). The first-order valence-corrected chi connectivity index (χ1v) is 7.46. The van der Waals surface area contributed by atoms with Gasteiger partial charge in [0.15, 0.2) is 0 Å². The molecule has 18 heavy (non-hydrogen) atoms. The van der Waals surface area contributed by atoms with Gasteiger partial charge < -0.3 is 10.1 Å². The van der Waals surface area contributed by atoms with E-state index in [0.717, 1.165) is 17.5 Å². The van der Waals surface area contributed by atoms with Crippen molar-refractivity contribution in [1.29, 1.82) is 0 Å². The first kappa shape index (κ1) is 15.9. The SMILES string of the molecule is CC(OCCCC1CCNCC1)c1nccs1.Cl. The smallest absolute Gasteiger partial charge is 0.121 e. The Kier molecular flexibility index (Phi) is 7.82. The summed E-state index contributed by atoms with van der Waals surface area (Å²) in [5, 5.41) is 6.50. The molecule has 1 aliphatic heterocycles. The number of halogens is 1. The van der Waals surface area contributed by atoms with Crippen molar-refractivity contribution < 1.29 is 4.74 Å². The third-order valence-corrected chi connectivity index (χ3v) is 4.32. The molecule has 0 aromatic carbocycles. The fourth-order valence-corrected chi connectivity index (χ4v) is 2.95. The van der Waals surface area contributed by atoms with Gasteiger partial charge in [-0.05, 0) is 51.6 Å². The van der Waals surface area contributed by atoms with Crippen LogP contribution in [0.3, 0.4) is 0 Å². The van der Waals surface area contributed by atoms with Crippen molar-refractivity contribution in [2.24, 2.45) is 5.92 Å². The highest BCUT2D eigenvalue weighted by Crippen LogP contribution is 2.21. The maximum Gasteiger partial charge on any atom is 0.121 e. The molecule has 3 nitrogen and oxygen atoms in total. The standard InChI is InChI=1S/C13H22N2OS.ClH/c1-11(13-15-8-10-17-13)16-9-2-3-12-4-6-14-7-5-12;/h8,10-12,14H,2-7,9H2,1H3;1H. The van der Waals surface area contributed by atoms with Crippen LogP contribution in [0, 0.1) is 5.92 Å². The molecule has 1 aromatic rings. The lowest BCUT2D eigenvalue weighted by molar-refractivity contribution is 0.0599. The molecule has 0 radical (unpaired) electrons. The minimum absolute atomic E-state index is 0. The Labute approximate surface area is 120 Å². The number of hydrogen-bond donors (Lipinski definition) is 1. The number of rotatable bonds is 6. The van der Waals surface area contributed by atoms with Crippen molar-refractivity contribution in [3.05, 3.63) is 16.6 Å². The number of aromatic nitrogens is 1. The molecule has 1 fully saturated rings. The molecule has 1 N–H and O–H groups in total. The lowest BCUT2D eigenvalue weighted by Gasteiger charge is -2.22. The fourth-order valence-electron chi connectivity index (χ4n) is 2.31. The molecule has 0 aliphatic carbocycles. The Bertz CT molecular complexity index is 302. The van der Waals surface area contributed by atoms with E-state index in [1.54, 1.807) is 11.3 Å². The molecule has 2 heterocycles. The molecule has 0 amide bonds. The topological polar surface area (TPSA) is 34.1 Å². The molecular weight excluding hydrogens is 268 g/mol. The van der Waals surface area contributed by atoms with Gasteiger partial charge in [-0.2, -0.15) is 0 Å². The number of hydrogen-bond acceptors (Lipinski definition) is 4. The Morgan fingerprint density at radius 2 is 2.28 bits per heavy atom. The average Bonchev–Trinajstić information content (AvgIpc) is 2.89. The lowest BCUT2D eigenvalue weighted by Crippen LogP contribution is -2.27. The summed E-state index contributed by atoms with van der Waals surface area (Å²) in [5.74, 6) is 0.912. The van der Waals surface area contributed by atoms with Crippen molar-refractivity contribution >= 4 is 23.7 Å². The number of ether oxygens (including phenoxy) is 1. The van der Waals surface area contributed by atoms with E-state index in [9.17, 15) is 0 Å². The van der Waals surface area contributed by atoms with Gasteiger partial charge in [0, 0.05) is 18.2 Å². The van der Waals surface area contributed by atoms with E-state index in [0.29, 0.717) is 0 Å². The second-order valence-corrected chi connectivity index (χ2v) is 5.65. The monoisotopic (exact) mass is 290 g/mol. The quantitative estimate of drug-likeness (QED) is 0.815. The van der Waals surface area contributed by atoms with Gasteiger partial charge in [-0.15, -0.1) is 23.7 Å². The van der Waals surface area contributed by atoms with Gasteiger partial charge in [-0.1, -0.05) is 0 Å². The van der Waals surface area contributed by atoms with E-state index < -0.39 is 0 Å². The predicted octanol–water partition coefficient (Wildman–Crippen LogP) is 3.42. The Morgan fingerprint density at radius 3 is 2.94 bits per heavy atom. The molecule has 1 unspecified atom stereocenters. The molecule has 1 atom stereocenters. The summed E-state index contributed by atoms with van der Waals surface area (Å²) in [4.78, 5) is 4.27. The summed E-state index contributed by atoms with van der Waals surface area (Å²) in [7, 11) is 0. The van der Waals surface area contributed by atoms with Crippen molar-refractivity contribution in [1.82, 2.24) is 10.3 Å². The van der Waals surface area contributed by atoms with E-state index in [1.165, 1.54) is 38.8 Å². The fraction of sp³-hybridized carbons (Fsp3) is 0.769. The minimum Gasteiger partial charge on any atom is -0.371 e. The largest absolute Gasteiger partial charge is 0.371 e. The molecule has 1 saturated heterocycles. The lowest BCUT2D eigenvalue weighted by atomic mass is 9.93. The minimum atomic E-state index is 0. The average molecular weight is 291 g/mol. The zero-order chi connectivity index (χ0) is 11.9.